The molecule has 0 aromatic rings. The van der Waals surface area contributed by atoms with Crippen LogP contribution in [0.2, 0.25) is 0 Å². The molecule has 1 rings (SSSR count). The smallest absolute Gasteiger partial charge is 0.330 e. The summed E-state index contributed by atoms with van der Waals surface area (Å²) in [6.45, 7) is 10.3. The van der Waals surface area contributed by atoms with Crippen molar-refractivity contribution in [3.8, 4) is 0 Å². The number of carbonyl (C=O) groups excluding carboxylic acids is 1. The maximum absolute atomic E-state index is 12.1. The third-order valence-electron chi connectivity index (χ3n) is 6.35. The topological polar surface area (TPSA) is 101 Å². The largest absolute Gasteiger partial charge is 0.478 e. The minimum absolute atomic E-state index is 0.165. The summed E-state index contributed by atoms with van der Waals surface area (Å²) in [5.41, 5.74) is -0.0348. The molecule has 9 heteroatoms. The first kappa shape index (κ1) is 29.7. The lowest BCUT2D eigenvalue weighted by Gasteiger charge is -2.53. The number of aliphatic carboxylic acids is 1. The van der Waals surface area contributed by atoms with Crippen LogP contribution in [0.3, 0.4) is 0 Å². The van der Waals surface area contributed by atoms with E-state index >= 15 is 0 Å². The maximum Gasteiger partial charge on any atom is 0.330 e. The maximum atomic E-state index is 12.1. The highest BCUT2D eigenvalue weighted by Crippen LogP contribution is 2.50. The molecule has 0 saturated carbocycles. The van der Waals surface area contributed by atoms with Crippen LogP contribution in [-0.2, 0) is 33.1 Å². The second-order valence-electron chi connectivity index (χ2n) is 9.01. The molecule has 1 fully saturated rings. The van der Waals surface area contributed by atoms with Crippen LogP contribution in [0.15, 0.2) is 23.8 Å². The van der Waals surface area contributed by atoms with Crippen LogP contribution >= 0.6 is 9.47 Å². The molecule has 1 saturated heterocycles. The molecule has 6 atom stereocenters. The number of carbonyl (C=O) groups is 2. The first-order valence-electron chi connectivity index (χ1n) is 11.4. The minimum Gasteiger partial charge on any atom is -0.478 e. The number of carboxylic acid groups (broad SMARTS) is 1. The Balaban J connectivity index is 3.33. The number of carboxylic acids is 1. The average Bonchev–Trinajstić information content (AvgIpc) is 2.77. The van der Waals surface area contributed by atoms with Crippen LogP contribution in [0.25, 0.3) is 0 Å². The lowest BCUT2D eigenvalue weighted by atomic mass is 9.70. The van der Waals surface area contributed by atoms with Crippen LogP contribution in [-0.4, -0.2) is 62.0 Å². The lowest BCUT2D eigenvalue weighted by molar-refractivity contribution is -0.322. The van der Waals surface area contributed by atoms with E-state index in [1.165, 1.54) is 20.3 Å². The second kappa shape index (κ2) is 13.5. The summed E-state index contributed by atoms with van der Waals surface area (Å²) in [6, 6.07) is 0. The van der Waals surface area contributed by atoms with Crippen molar-refractivity contribution in [1.29, 1.82) is 0 Å². The van der Waals surface area contributed by atoms with Gasteiger partial charge in [0.15, 0.2) is 5.79 Å². The number of hydrogen-bond acceptors (Lipinski definition) is 7. The number of unbranched alkanes of at least 4 members (excludes halogenated alkanes) is 1. The van der Waals surface area contributed by atoms with Gasteiger partial charge in [-0.2, -0.15) is 0 Å². The zero-order chi connectivity index (χ0) is 25.2. The highest BCUT2D eigenvalue weighted by molar-refractivity contribution is 7.09. The molecule has 0 aromatic heterocycles. The molecule has 0 spiro atoms. The van der Waals surface area contributed by atoms with Gasteiger partial charge in [-0.3, -0.25) is 0 Å². The molecule has 2 unspecified atom stereocenters. The van der Waals surface area contributed by atoms with Crippen LogP contribution in [0.5, 0.6) is 0 Å². The van der Waals surface area contributed by atoms with E-state index in [0.29, 0.717) is 19.4 Å². The molecule has 190 valence electrons. The standard InChI is InChI=1S/C24H41O8P/c1-8-9-12-30-17(3)20(32-33)15-19-13-18(14-22(27)28-6)16(2)24(29-7,31-19)23(4,5)11-10-21(25)26/h10-11,14,16-17,19-20H,8-9,12-13,15,33H2,1-7H3,(H,25,26)/b11-10+,18-14+/t16-,17+,19?,20+,24+/m0/s1. The summed E-state index contributed by atoms with van der Waals surface area (Å²) in [5.74, 6) is -3.09. The molecule has 0 aliphatic carbocycles. The molecule has 0 amide bonds. The van der Waals surface area contributed by atoms with Gasteiger partial charge < -0.3 is 28.6 Å². The zero-order valence-corrected chi connectivity index (χ0v) is 22.1. The number of rotatable bonds is 13. The highest BCUT2D eigenvalue weighted by atomic mass is 31.0. The van der Waals surface area contributed by atoms with E-state index in [1.807, 2.05) is 27.7 Å². The number of hydrogen-bond donors (Lipinski definition) is 1. The molecule has 8 nitrogen and oxygen atoms in total. The predicted octanol–water partition coefficient (Wildman–Crippen LogP) is 4.29. The Kier molecular flexibility index (Phi) is 12.2. The Labute approximate surface area is 200 Å². The summed E-state index contributed by atoms with van der Waals surface area (Å²) < 4.78 is 29.0. The van der Waals surface area contributed by atoms with Crippen LogP contribution in [0.1, 0.15) is 60.3 Å². The van der Waals surface area contributed by atoms with Crippen LogP contribution in [0, 0.1) is 11.3 Å². The van der Waals surface area contributed by atoms with Crippen molar-refractivity contribution >= 4 is 21.4 Å². The normalized spacial score (nSPS) is 27.0. The van der Waals surface area contributed by atoms with E-state index in [1.54, 1.807) is 6.08 Å². The van der Waals surface area contributed by atoms with E-state index in [-0.39, 0.29) is 24.2 Å². The molecular weight excluding hydrogens is 447 g/mol. The van der Waals surface area contributed by atoms with Gasteiger partial charge in [-0.1, -0.05) is 45.8 Å². The van der Waals surface area contributed by atoms with Gasteiger partial charge in [-0.15, -0.1) is 0 Å². The van der Waals surface area contributed by atoms with Crippen molar-refractivity contribution in [1.82, 2.24) is 0 Å². The first-order valence-corrected chi connectivity index (χ1v) is 11.9. The van der Waals surface area contributed by atoms with Crippen molar-refractivity contribution in [2.75, 3.05) is 20.8 Å². The van der Waals surface area contributed by atoms with E-state index in [2.05, 4.69) is 16.4 Å². The molecule has 1 N–H and O–H groups in total. The van der Waals surface area contributed by atoms with Crippen LogP contribution in [0.4, 0.5) is 0 Å². The fraction of sp³-hybridized carbons (Fsp3) is 0.750. The zero-order valence-electron chi connectivity index (χ0n) is 21.0. The van der Waals surface area contributed by atoms with Crippen LogP contribution < -0.4 is 0 Å². The Morgan fingerprint density at radius 2 is 2.03 bits per heavy atom. The summed E-state index contributed by atoms with van der Waals surface area (Å²) in [4.78, 5) is 23.3. The Morgan fingerprint density at radius 1 is 1.36 bits per heavy atom. The van der Waals surface area contributed by atoms with E-state index in [9.17, 15) is 14.7 Å². The van der Waals surface area contributed by atoms with E-state index in [4.69, 9.17) is 23.5 Å². The van der Waals surface area contributed by atoms with Gasteiger partial charge >= 0.3 is 11.9 Å². The SMILES string of the molecule is CCCCO[C@H](C)[C@@H](CC1C/C(=C\C(=O)OC)[C@H](C)[C@](OC)(C(C)(C)/C=C/C(=O)O)O1)OP. The van der Waals surface area contributed by atoms with Gasteiger partial charge in [0.2, 0.25) is 0 Å². The molecule has 33 heavy (non-hydrogen) atoms. The summed E-state index contributed by atoms with van der Waals surface area (Å²) in [5, 5.41) is 9.18. The molecule has 1 aliphatic rings. The first-order chi connectivity index (χ1) is 15.5. The van der Waals surface area contributed by atoms with Gasteiger partial charge in [-0.25, -0.2) is 9.59 Å². The second-order valence-corrected chi connectivity index (χ2v) is 9.28. The number of esters is 1. The van der Waals surface area contributed by atoms with E-state index < -0.39 is 23.1 Å². The van der Waals surface area contributed by atoms with Crippen molar-refractivity contribution in [3.05, 3.63) is 23.8 Å². The molecule has 1 heterocycles. The van der Waals surface area contributed by atoms with Gasteiger partial charge in [-0.05, 0) is 19.8 Å². The van der Waals surface area contributed by atoms with Crippen molar-refractivity contribution in [3.63, 3.8) is 0 Å². The van der Waals surface area contributed by atoms with Gasteiger partial charge in [0.05, 0.1) is 25.4 Å². The molecule has 0 aromatic carbocycles. The third kappa shape index (κ3) is 7.86. The van der Waals surface area contributed by atoms with E-state index in [0.717, 1.165) is 24.5 Å². The molecule has 0 bridgehead atoms. The average molecular weight is 489 g/mol. The Hall–Kier alpha value is -1.31. The highest BCUT2D eigenvalue weighted by Gasteiger charge is 2.55. The fourth-order valence-electron chi connectivity index (χ4n) is 4.33. The summed E-state index contributed by atoms with van der Waals surface area (Å²) >= 11 is 0. The fourth-order valence-corrected chi connectivity index (χ4v) is 4.66. The monoisotopic (exact) mass is 488 g/mol. The van der Waals surface area contributed by atoms with Crippen molar-refractivity contribution in [2.45, 2.75) is 84.4 Å². The Bertz CT molecular complexity index is 705. The lowest BCUT2D eigenvalue weighted by Crippen LogP contribution is -2.58. The van der Waals surface area contributed by atoms with Gasteiger partial charge in [0.25, 0.3) is 0 Å². The van der Waals surface area contributed by atoms with Gasteiger partial charge in [0.1, 0.15) is 0 Å². The Morgan fingerprint density at radius 3 is 2.55 bits per heavy atom. The van der Waals surface area contributed by atoms with Crippen molar-refractivity contribution < 1.29 is 38.2 Å². The minimum atomic E-state index is -1.22. The molecular formula is C24H41O8P. The number of ether oxygens (including phenoxy) is 4. The quantitative estimate of drug-likeness (QED) is 0.177. The summed E-state index contributed by atoms with van der Waals surface area (Å²) in [7, 11) is 5.17. The summed E-state index contributed by atoms with van der Waals surface area (Å²) in [6.07, 6.45) is 6.31. The van der Waals surface area contributed by atoms with Gasteiger partial charge in [0, 0.05) is 53.1 Å². The van der Waals surface area contributed by atoms with Crippen molar-refractivity contribution in [2.24, 2.45) is 11.3 Å². The predicted molar refractivity (Wildman–Crippen MR) is 129 cm³/mol. The number of methoxy groups -OCH3 is 2. The third-order valence-corrected chi connectivity index (χ3v) is 6.70. The molecule has 1 aliphatic heterocycles. The molecule has 0 radical (unpaired) electrons.